The van der Waals surface area contributed by atoms with Crippen LogP contribution in [0.15, 0.2) is 42.5 Å². The fraction of sp³-hybridized carbons (Fsp3) is 0.316. The van der Waals surface area contributed by atoms with E-state index in [1.807, 2.05) is 24.3 Å². The Morgan fingerprint density at radius 2 is 2.09 bits per heavy atom. The molecule has 3 rings (SSSR count). The quantitative estimate of drug-likeness (QED) is 0.854. The second kappa shape index (κ2) is 6.73. The molecule has 1 aliphatic rings. The molecule has 0 spiro atoms. The summed E-state index contributed by atoms with van der Waals surface area (Å²) in [7, 11) is 0. The highest BCUT2D eigenvalue weighted by Crippen LogP contribution is 2.30. The first-order valence-corrected chi connectivity index (χ1v) is 8.08. The van der Waals surface area contributed by atoms with E-state index in [1.165, 1.54) is 11.1 Å². The molecule has 2 aromatic rings. The Hall–Kier alpha value is -2.49. The number of amides is 1. The van der Waals surface area contributed by atoms with Gasteiger partial charge in [-0.25, -0.2) is 0 Å². The summed E-state index contributed by atoms with van der Waals surface area (Å²) < 4.78 is 0. The maximum absolute atomic E-state index is 12.3. The van der Waals surface area contributed by atoms with Crippen molar-refractivity contribution >= 4 is 17.3 Å². The van der Waals surface area contributed by atoms with Crippen molar-refractivity contribution in [1.29, 1.82) is 0 Å². The molecule has 0 aliphatic carbocycles. The molecule has 0 saturated carbocycles. The van der Waals surface area contributed by atoms with Crippen molar-refractivity contribution in [3.63, 3.8) is 0 Å². The first-order chi connectivity index (χ1) is 11.1. The van der Waals surface area contributed by atoms with Crippen molar-refractivity contribution in [1.82, 2.24) is 5.32 Å². The van der Waals surface area contributed by atoms with E-state index in [2.05, 4.69) is 35.3 Å². The van der Waals surface area contributed by atoms with Crippen LogP contribution in [0.3, 0.4) is 0 Å². The molecule has 0 aromatic heterocycles. The number of rotatable bonds is 4. The van der Waals surface area contributed by atoms with Gasteiger partial charge in [-0.2, -0.15) is 0 Å². The van der Waals surface area contributed by atoms with E-state index in [9.17, 15) is 4.79 Å². The third-order valence-electron chi connectivity index (χ3n) is 4.29. The van der Waals surface area contributed by atoms with Crippen molar-refractivity contribution in [2.45, 2.75) is 26.3 Å². The summed E-state index contributed by atoms with van der Waals surface area (Å²) in [5, 5.41) is 3.01. The summed E-state index contributed by atoms with van der Waals surface area (Å²) in [5.74, 6) is 0.0433. The third-order valence-corrected chi connectivity index (χ3v) is 4.29. The van der Waals surface area contributed by atoms with Gasteiger partial charge in [-0.05, 0) is 43.0 Å². The Morgan fingerprint density at radius 1 is 1.26 bits per heavy atom. The van der Waals surface area contributed by atoms with Crippen LogP contribution in [0.4, 0.5) is 11.4 Å². The summed E-state index contributed by atoms with van der Waals surface area (Å²) >= 11 is 0. The lowest BCUT2D eigenvalue weighted by atomic mass is 10.00. The molecular formula is C19H23N3O. The van der Waals surface area contributed by atoms with Crippen LogP contribution in [0.1, 0.15) is 23.1 Å². The van der Waals surface area contributed by atoms with Gasteiger partial charge in [0.2, 0.25) is 5.91 Å². The molecule has 0 fully saturated rings. The Kier molecular flexibility index (Phi) is 4.51. The van der Waals surface area contributed by atoms with Crippen molar-refractivity contribution in [3.8, 4) is 0 Å². The lowest BCUT2D eigenvalue weighted by Crippen LogP contribution is -2.39. The molecule has 120 valence electrons. The van der Waals surface area contributed by atoms with Crippen LogP contribution in [0, 0.1) is 6.92 Å². The van der Waals surface area contributed by atoms with Crippen LogP contribution in [0.25, 0.3) is 0 Å². The average molecular weight is 309 g/mol. The van der Waals surface area contributed by atoms with Gasteiger partial charge in [-0.15, -0.1) is 0 Å². The molecule has 0 bridgehead atoms. The first kappa shape index (κ1) is 15.4. The van der Waals surface area contributed by atoms with E-state index < -0.39 is 0 Å². The normalized spacial score (nSPS) is 13.5. The fourth-order valence-electron chi connectivity index (χ4n) is 3.14. The molecule has 2 aromatic carbocycles. The van der Waals surface area contributed by atoms with Crippen molar-refractivity contribution < 1.29 is 4.79 Å². The zero-order chi connectivity index (χ0) is 16.2. The van der Waals surface area contributed by atoms with Crippen LogP contribution in [0.5, 0.6) is 0 Å². The fourth-order valence-corrected chi connectivity index (χ4v) is 3.14. The second-order valence-corrected chi connectivity index (χ2v) is 6.14. The number of hydrogen-bond donors (Lipinski definition) is 2. The zero-order valence-electron chi connectivity index (χ0n) is 13.5. The highest BCUT2D eigenvalue weighted by molar-refractivity contribution is 5.82. The average Bonchev–Trinajstić information content (AvgIpc) is 2.54. The highest BCUT2D eigenvalue weighted by atomic mass is 16.2. The van der Waals surface area contributed by atoms with Crippen LogP contribution in [-0.4, -0.2) is 19.0 Å². The van der Waals surface area contributed by atoms with E-state index >= 15 is 0 Å². The van der Waals surface area contributed by atoms with Crippen LogP contribution >= 0.6 is 0 Å². The van der Waals surface area contributed by atoms with E-state index in [1.54, 1.807) is 0 Å². The molecule has 4 nitrogen and oxygen atoms in total. The molecule has 0 radical (unpaired) electrons. The van der Waals surface area contributed by atoms with Gasteiger partial charge >= 0.3 is 0 Å². The molecule has 1 heterocycles. The third kappa shape index (κ3) is 3.65. The summed E-state index contributed by atoms with van der Waals surface area (Å²) in [6.45, 7) is 3.90. The van der Waals surface area contributed by atoms with Crippen LogP contribution in [-0.2, 0) is 17.8 Å². The van der Waals surface area contributed by atoms with Crippen molar-refractivity contribution in [2.24, 2.45) is 0 Å². The van der Waals surface area contributed by atoms with Gasteiger partial charge in [0, 0.05) is 24.5 Å². The number of carbonyl (C=O) groups excluding carboxylic acids is 1. The van der Waals surface area contributed by atoms with E-state index in [0.717, 1.165) is 36.3 Å². The van der Waals surface area contributed by atoms with E-state index in [4.69, 9.17) is 5.73 Å². The number of nitrogens with two attached hydrogens (primary N) is 1. The van der Waals surface area contributed by atoms with Crippen LogP contribution < -0.4 is 16.0 Å². The van der Waals surface area contributed by atoms with Crippen molar-refractivity contribution in [3.05, 3.63) is 59.2 Å². The molecule has 1 aliphatic heterocycles. The number of nitrogens with zero attached hydrogens (tertiary/aromatic N) is 1. The number of benzene rings is 2. The Bertz CT molecular complexity index is 712. The van der Waals surface area contributed by atoms with E-state index in [-0.39, 0.29) is 5.91 Å². The standard InChI is InChI=1S/C19H23N3O/c1-14-5-2-6-15(11-14)12-21-19(23)13-22-10-4-7-16-17(20)8-3-9-18(16)22/h2-3,5-6,8-9,11H,4,7,10,12-13,20H2,1H3,(H,21,23). The number of fused-ring (bicyclic) bond motifs is 1. The maximum Gasteiger partial charge on any atom is 0.239 e. The predicted octanol–water partition coefficient (Wildman–Crippen LogP) is 2.65. The number of hydrogen-bond acceptors (Lipinski definition) is 3. The van der Waals surface area contributed by atoms with Gasteiger partial charge in [-0.1, -0.05) is 35.9 Å². The molecule has 1 amide bonds. The minimum atomic E-state index is 0.0433. The van der Waals surface area contributed by atoms with Gasteiger partial charge in [-0.3, -0.25) is 4.79 Å². The summed E-state index contributed by atoms with van der Waals surface area (Å²) in [4.78, 5) is 14.4. The monoisotopic (exact) mass is 309 g/mol. The van der Waals surface area contributed by atoms with Gasteiger partial charge in [0.25, 0.3) is 0 Å². The van der Waals surface area contributed by atoms with Crippen molar-refractivity contribution in [2.75, 3.05) is 23.7 Å². The predicted molar refractivity (Wildman–Crippen MR) is 94.4 cm³/mol. The van der Waals surface area contributed by atoms with Crippen LogP contribution in [0.2, 0.25) is 0 Å². The maximum atomic E-state index is 12.3. The Morgan fingerprint density at radius 3 is 2.91 bits per heavy atom. The Balaban J connectivity index is 1.62. The topological polar surface area (TPSA) is 58.4 Å². The Labute approximate surface area is 137 Å². The van der Waals surface area contributed by atoms with Gasteiger partial charge in [0.05, 0.1) is 6.54 Å². The lowest BCUT2D eigenvalue weighted by molar-refractivity contribution is -0.119. The minimum Gasteiger partial charge on any atom is -0.398 e. The summed E-state index contributed by atoms with van der Waals surface area (Å²) in [5.41, 5.74) is 11.5. The number of anilines is 2. The molecular weight excluding hydrogens is 286 g/mol. The highest BCUT2D eigenvalue weighted by Gasteiger charge is 2.20. The molecule has 4 heteroatoms. The van der Waals surface area contributed by atoms with Gasteiger partial charge in [0.1, 0.15) is 0 Å². The SMILES string of the molecule is Cc1cccc(CNC(=O)CN2CCCc3c(N)cccc32)c1. The molecule has 23 heavy (non-hydrogen) atoms. The largest absolute Gasteiger partial charge is 0.398 e. The number of carbonyl (C=O) groups is 1. The number of nitrogen functional groups attached to an aromatic ring is 1. The van der Waals surface area contributed by atoms with Gasteiger partial charge in [0.15, 0.2) is 0 Å². The number of aryl methyl sites for hydroxylation is 1. The van der Waals surface area contributed by atoms with E-state index in [0.29, 0.717) is 13.1 Å². The number of nitrogens with one attached hydrogen (secondary N) is 1. The van der Waals surface area contributed by atoms with Gasteiger partial charge < -0.3 is 16.0 Å². The summed E-state index contributed by atoms with van der Waals surface area (Å²) in [6, 6.07) is 14.1. The minimum absolute atomic E-state index is 0.0433. The molecule has 0 atom stereocenters. The summed E-state index contributed by atoms with van der Waals surface area (Å²) in [6.07, 6.45) is 2.02. The molecule has 0 unspecified atom stereocenters. The lowest BCUT2D eigenvalue weighted by Gasteiger charge is -2.31. The molecule has 3 N–H and O–H groups in total. The molecule has 0 saturated heterocycles. The first-order valence-electron chi connectivity index (χ1n) is 8.08. The second-order valence-electron chi connectivity index (χ2n) is 6.14. The smallest absolute Gasteiger partial charge is 0.239 e. The zero-order valence-corrected chi connectivity index (χ0v) is 13.5.